The molecular formula is C45H88NO7P. The summed E-state index contributed by atoms with van der Waals surface area (Å²) in [6.45, 7) is 4.27. The second-order valence-electron chi connectivity index (χ2n) is 15.3. The molecule has 0 aromatic heterocycles. The van der Waals surface area contributed by atoms with E-state index < -0.39 is 13.9 Å². The Balaban J connectivity index is 4.02. The first-order chi connectivity index (χ1) is 26.4. The van der Waals surface area contributed by atoms with E-state index in [4.69, 9.17) is 24.3 Å². The van der Waals surface area contributed by atoms with Crippen LogP contribution in [-0.4, -0.2) is 43.3 Å². The Morgan fingerprint density at radius 2 is 0.944 bits per heavy atom. The molecule has 1 unspecified atom stereocenters. The predicted octanol–water partition coefficient (Wildman–Crippen LogP) is 14.0. The molecule has 320 valence electrons. The van der Waals surface area contributed by atoms with Gasteiger partial charge in [-0.25, -0.2) is 4.57 Å². The van der Waals surface area contributed by atoms with Gasteiger partial charge in [0.05, 0.1) is 19.5 Å². The van der Waals surface area contributed by atoms with E-state index in [1.807, 2.05) is 6.08 Å². The first kappa shape index (κ1) is 52.8. The largest absolute Gasteiger partial charge is 0.498 e. The van der Waals surface area contributed by atoms with Gasteiger partial charge in [-0.15, -0.1) is 0 Å². The van der Waals surface area contributed by atoms with Crippen molar-refractivity contribution in [3.63, 3.8) is 0 Å². The Bertz CT molecular complexity index is 884. The quantitative estimate of drug-likeness (QED) is 0.0206. The predicted molar refractivity (Wildman–Crippen MR) is 229 cm³/mol. The van der Waals surface area contributed by atoms with Gasteiger partial charge >= 0.3 is 13.8 Å². The number of allylic oxidation sites excluding steroid dienone is 3. The number of phosphoric ester groups is 1. The van der Waals surface area contributed by atoms with E-state index in [-0.39, 0.29) is 32.3 Å². The summed E-state index contributed by atoms with van der Waals surface area (Å²) in [5.74, 6) is -0.352. The van der Waals surface area contributed by atoms with Gasteiger partial charge in [0.25, 0.3) is 0 Å². The van der Waals surface area contributed by atoms with E-state index in [0.717, 1.165) is 32.1 Å². The smallest absolute Gasteiger partial charge is 0.472 e. The molecule has 8 nitrogen and oxygen atoms in total. The lowest BCUT2D eigenvalue weighted by Crippen LogP contribution is -2.27. The van der Waals surface area contributed by atoms with Crippen LogP contribution in [0.25, 0.3) is 0 Å². The molecule has 54 heavy (non-hydrogen) atoms. The lowest BCUT2D eigenvalue weighted by molar-refractivity contribution is -0.153. The van der Waals surface area contributed by atoms with E-state index in [2.05, 4.69) is 26.0 Å². The van der Waals surface area contributed by atoms with Crippen molar-refractivity contribution in [3.8, 4) is 0 Å². The molecule has 0 aliphatic rings. The van der Waals surface area contributed by atoms with E-state index in [1.165, 1.54) is 173 Å². The molecule has 0 amide bonds. The topological polar surface area (TPSA) is 117 Å². The van der Waals surface area contributed by atoms with Gasteiger partial charge in [-0.3, -0.25) is 13.8 Å². The van der Waals surface area contributed by atoms with E-state index in [0.29, 0.717) is 6.42 Å². The highest BCUT2D eigenvalue weighted by atomic mass is 31.2. The van der Waals surface area contributed by atoms with Crippen LogP contribution in [-0.2, 0) is 27.9 Å². The maximum Gasteiger partial charge on any atom is 0.472 e. The number of phosphoric acid groups is 1. The number of hydrogen-bond acceptors (Lipinski definition) is 7. The molecule has 0 rings (SSSR count). The highest BCUT2D eigenvalue weighted by Gasteiger charge is 2.25. The van der Waals surface area contributed by atoms with Gasteiger partial charge in [0.1, 0.15) is 6.61 Å². The number of rotatable bonds is 44. The monoisotopic (exact) mass is 786 g/mol. The van der Waals surface area contributed by atoms with E-state index in [1.54, 1.807) is 6.26 Å². The van der Waals surface area contributed by atoms with Crippen molar-refractivity contribution in [2.75, 3.05) is 26.4 Å². The molecule has 9 heteroatoms. The fourth-order valence-corrected chi connectivity index (χ4v) is 7.31. The second-order valence-corrected chi connectivity index (χ2v) is 16.8. The minimum atomic E-state index is -4.29. The summed E-state index contributed by atoms with van der Waals surface area (Å²) in [6, 6.07) is 0. The summed E-state index contributed by atoms with van der Waals surface area (Å²) in [7, 11) is -4.29. The molecule has 0 spiro atoms. The standard InChI is InChI=1S/C45H88NO7P/c1-3-5-7-9-11-13-15-17-19-21-22-23-24-26-28-30-32-34-36-38-45(47)53-44(43-52-54(48,49)51-41-39-46)42-50-40-37-35-33-31-29-27-25-20-18-16-14-12-10-8-6-4-2/h17,19,37,40,44H,3-16,18,20-36,38-39,41-43,46H2,1-2H3,(H,48,49)/t44-/m1/s1. The Morgan fingerprint density at radius 1 is 0.556 bits per heavy atom. The van der Waals surface area contributed by atoms with Gasteiger partial charge in [0, 0.05) is 13.0 Å². The maximum atomic E-state index is 12.6. The third-order valence-electron chi connectivity index (χ3n) is 9.94. The number of hydrogen-bond donors (Lipinski definition) is 2. The Morgan fingerprint density at radius 3 is 1.37 bits per heavy atom. The van der Waals surface area contributed by atoms with Crippen LogP contribution >= 0.6 is 7.82 Å². The van der Waals surface area contributed by atoms with Crippen molar-refractivity contribution in [3.05, 3.63) is 24.5 Å². The average molecular weight is 786 g/mol. The lowest BCUT2D eigenvalue weighted by atomic mass is 10.0. The zero-order chi connectivity index (χ0) is 39.5. The minimum Gasteiger partial charge on any atom is -0.498 e. The summed E-state index contributed by atoms with van der Waals surface area (Å²) in [5.41, 5.74) is 5.37. The van der Waals surface area contributed by atoms with Gasteiger partial charge < -0.3 is 20.1 Å². The number of nitrogens with two attached hydrogens (primary N) is 1. The molecule has 2 atom stereocenters. The Labute approximate surface area is 334 Å². The summed E-state index contributed by atoms with van der Waals surface area (Å²) >= 11 is 0. The molecule has 0 aromatic carbocycles. The fraction of sp³-hybridized carbons (Fsp3) is 0.889. The van der Waals surface area contributed by atoms with Gasteiger partial charge in [-0.2, -0.15) is 0 Å². The molecule has 0 radical (unpaired) electrons. The number of unbranched alkanes of at least 4 members (excludes halogenated alkanes) is 29. The van der Waals surface area contributed by atoms with Gasteiger partial charge in [0.2, 0.25) is 0 Å². The summed E-state index contributed by atoms with van der Waals surface area (Å²) in [5, 5.41) is 0. The first-order valence-corrected chi connectivity index (χ1v) is 24.4. The van der Waals surface area contributed by atoms with Crippen LogP contribution in [0.4, 0.5) is 0 Å². The second kappa shape index (κ2) is 43.0. The van der Waals surface area contributed by atoms with Gasteiger partial charge in [-0.1, -0.05) is 187 Å². The van der Waals surface area contributed by atoms with Gasteiger partial charge in [-0.05, 0) is 51.0 Å². The maximum absolute atomic E-state index is 12.6. The molecule has 0 bridgehead atoms. The number of ether oxygens (including phenoxy) is 2. The SMILES string of the molecule is CCCCCCCCC=CCCCCCCCCCCCC(=O)O[C@H](COC=CCCCCCCCCCCCCCCCC)COP(=O)(O)OCCN. The highest BCUT2D eigenvalue weighted by Crippen LogP contribution is 2.43. The zero-order valence-corrected chi connectivity index (χ0v) is 36.4. The van der Waals surface area contributed by atoms with Crippen molar-refractivity contribution in [2.24, 2.45) is 5.73 Å². The average Bonchev–Trinajstić information content (AvgIpc) is 3.16. The van der Waals surface area contributed by atoms with Crippen LogP contribution in [0, 0.1) is 0 Å². The van der Waals surface area contributed by atoms with Crippen LogP contribution < -0.4 is 5.73 Å². The normalized spacial score (nSPS) is 13.6. The fourth-order valence-electron chi connectivity index (χ4n) is 6.55. The first-order valence-electron chi connectivity index (χ1n) is 22.9. The Hall–Kier alpha value is -1.18. The molecule has 0 saturated heterocycles. The van der Waals surface area contributed by atoms with Crippen LogP contribution in [0.1, 0.15) is 226 Å². The van der Waals surface area contributed by atoms with Crippen LogP contribution in [0.3, 0.4) is 0 Å². The molecular weight excluding hydrogens is 697 g/mol. The van der Waals surface area contributed by atoms with Crippen molar-refractivity contribution in [1.29, 1.82) is 0 Å². The number of esters is 1. The molecule has 0 aromatic rings. The van der Waals surface area contributed by atoms with E-state index >= 15 is 0 Å². The van der Waals surface area contributed by atoms with Crippen molar-refractivity contribution < 1.29 is 32.8 Å². The Kier molecular flexibility index (Phi) is 42.0. The molecule has 0 fully saturated rings. The summed E-state index contributed by atoms with van der Waals surface area (Å²) in [4.78, 5) is 22.5. The zero-order valence-electron chi connectivity index (χ0n) is 35.5. The summed E-state index contributed by atoms with van der Waals surface area (Å²) < 4.78 is 33.2. The van der Waals surface area contributed by atoms with Crippen molar-refractivity contribution >= 4 is 13.8 Å². The molecule has 0 aliphatic heterocycles. The third-order valence-corrected chi connectivity index (χ3v) is 10.9. The molecule has 3 N–H and O–H groups in total. The van der Waals surface area contributed by atoms with Crippen LogP contribution in [0.5, 0.6) is 0 Å². The van der Waals surface area contributed by atoms with Crippen LogP contribution in [0.2, 0.25) is 0 Å². The van der Waals surface area contributed by atoms with Crippen LogP contribution in [0.15, 0.2) is 24.5 Å². The van der Waals surface area contributed by atoms with Crippen molar-refractivity contribution in [2.45, 2.75) is 232 Å². The van der Waals surface area contributed by atoms with Gasteiger partial charge in [0.15, 0.2) is 6.10 Å². The highest BCUT2D eigenvalue weighted by molar-refractivity contribution is 7.47. The third kappa shape index (κ3) is 42.0. The number of carbonyl (C=O) groups is 1. The van der Waals surface area contributed by atoms with Crippen molar-refractivity contribution in [1.82, 2.24) is 0 Å². The minimum absolute atomic E-state index is 0.0351. The number of carbonyl (C=O) groups excluding carboxylic acids is 1. The molecule has 0 heterocycles. The van der Waals surface area contributed by atoms with E-state index in [9.17, 15) is 14.3 Å². The molecule has 0 saturated carbocycles. The lowest BCUT2D eigenvalue weighted by Gasteiger charge is -2.19. The summed E-state index contributed by atoms with van der Waals surface area (Å²) in [6.07, 6.45) is 48.6. The molecule has 0 aliphatic carbocycles.